The average Bonchev–Trinajstić information content (AvgIpc) is 2.82. The lowest BCUT2D eigenvalue weighted by Crippen LogP contribution is -2.23. The van der Waals surface area contributed by atoms with E-state index in [0.717, 1.165) is 0 Å². The Morgan fingerprint density at radius 1 is 1.33 bits per heavy atom. The Labute approximate surface area is 121 Å². The van der Waals surface area contributed by atoms with Crippen molar-refractivity contribution in [2.75, 3.05) is 11.1 Å². The van der Waals surface area contributed by atoms with Gasteiger partial charge in [-0.1, -0.05) is 0 Å². The van der Waals surface area contributed by atoms with E-state index in [9.17, 15) is 13.2 Å². The SMILES string of the molecule is CC(=O)Nc1ccc(S(=O)(=O)NCc2cn[nH]c2N)cc1. The fraction of sp³-hybridized carbons (Fsp3) is 0.167. The highest BCUT2D eigenvalue weighted by atomic mass is 32.2. The smallest absolute Gasteiger partial charge is 0.240 e. The molecule has 0 aliphatic rings. The number of carbonyl (C=O) groups excluding carboxylic acids is 1. The molecule has 21 heavy (non-hydrogen) atoms. The molecule has 5 N–H and O–H groups in total. The maximum absolute atomic E-state index is 12.1. The number of aromatic amines is 1. The molecule has 2 rings (SSSR count). The maximum Gasteiger partial charge on any atom is 0.240 e. The van der Waals surface area contributed by atoms with Crippen LogP contribution in [0.25, 0.3) is 0 Å². The van der Waals surface area contributed by atoms with Gasteiger partial charge in [-0.05, 0) is 24.3 Å². The van der Waals surface area contributed by atoms with Gasteiger partial charge in [0.2, 0.25) is 15.9 Å². The van der Waals surface area contributed by atoms with Crippen molar-refractivity contribution in [3.63, 3.8) is 0 Å². The van der Waals surface area contributed by atoms with E-state index in [-0.39, 0.29) is 17.3 Å². The molecule has 1 aromatic carbocycles. The van der Waals surface area contributed by atoms with Crippen molar-refractivity contribution >= 4 is 27.4 Å². The first-order chi connectivity index (χ1) is 9.88. The molecule has 0 saturated heterocycles. The summed E-state index contributed by atoms with van der Waals surface area (Å²) in [6, 6.07) is 5.85. The lowest BCUT2D eigenvalue weighted by molar-refractivity contribution is -0.114. The number of H-pyrrole nitrogens is 1. The lowest BCUT2D eigenvalue weighted by atomic mass is 10.3. The summed E-state index contributed by atoms with van der Waals surface area (Å²) in [7, 11) is -3.66. The molecular weight excluding hydrogens is 294 g/mol. The van der Waals surface area contributed by atoms with E-state index in [0.29, 0.717) is 17.1 Å². The van der Waals surface area contributed by atoms with E-state index in [1.165, 1.54) is 37.4 Å². The largest absolute Gasteiger partial charge is 0.384 e. The van der Waals surface area contributed by atoms with Crippen molar-refractivity contribution < 1.29 is 13.2 Å². The van der Waals surface area contributed by atoms with Crippen LogP contribution in [0.3, 0.4) is 0 Å². The number of carbonyl (C=O) groups is 1. The predicted molar refractivity (Wildman–Crippen MR) is 77.8 cm³/mol. The van der Waals surface area contributed by atoms with E-state index in [1.807, 2.05) is 0 Å². The Kier molecular flexibility index (Phi) is 4.24. The number of sulfonamides is 1. The molecule has 0 spiro atoms. The number of hydrogen-bond donors (Lipinski definition) is 4. The number of nitrogen functional groups attached to an aromatic ring is 1. The number of hydrogen-bond acceptors (Lipinski definition) is 5. The van der Waals surface area contributed by atoms with Crippen molar-refractivity contribution in [3.8, 4) is 0 Å². The molecule has 0 radical (unpaired) electrons. The molecule has 0 unspecified atom stereocenters. The highest BCUT2D eigenvalue weighted by Gasteiger charge is 2.14. The number of nitrogens with zero attached hydrogens (tertiary/aromatic N) is 1. The van der Waals surface area contributed by atoms with Crippen molar-refractivity contribution in [1.29, 1.82) is 0 Å². The minimum atomic E-state index is -3.66. The highest BCUT2D eigenvalue weighted by Crippen LogP contribution is 2.15. The summed E-state index contributed by atoms with van der Waals surface area (Å²) < 4.78 is 26.6. The standard InChI is InChI=1S/C12H15N5O3S/c1-8(18)16-10-2-4-11(5-3-10)21(19,20)15-7-9-6-14-17-12(9)13/h2-6,15H,7H2,1H3,(H,16,18)(H3,13,14,17). The normalized spacial score (nSPS) is 11.3. The molecule has 9 heteroatoms. The topological polar surface area (TPSA) is 130 Å². The Morgan fingerprint density at radius 3 is 2.52 bits per heavy atom. The van der Waals surface area contributed by atoms with Crippen LogP contribution in [-0.2, 0) is 21.4 Å². The van der Waals surface area contributed by atoms with Crippen LogP contribution in [0.2, 0.25) is 0 Å². The molecule has 1 heterocycles. The molecule has 1 amide bonds. The molecule has 0 aliphatic heterocycles. The second kappa shape index (κ2) is 5.94. The van der Waals surface area contributed by atoms with Crippen LogP contribution >= 0.6 is 0 Å². The van der Waals surface area contributed by atoms with Crippen LogP contribution in [0.4, 0.5) is 11.5 Å². The summed E-state index contributed by atoms with van der Waals surface area (Å²) in [5, 5.41) is 8.79. The van der Waals surface area contributed by atoms with Crippen LogP contribution in [0.15, 0.2) is 35.4 Å². The van der Waals surface area contributed by atoms with Crippen molar-refractivity contribution in [1.82, 2.24) is 14.9 Å². The summed E-state index contributed by atoms with van der Waals surface area (Å²) in [5.41, 5.74) is 6.67. The van der Waals surface area contributed by atoms with Gasteiger partial charge in [0.05, 0.1) is 11.1 Å². The van der Waals surface area contributed by atoms with Crippen LogP contribution in [-0.4, -0.2) is 24.5 Å². The summed E-state index contributed by atoms with van der Waals surface area (Å²) >= 11 is 0. The maximum atomic E-state index is 12.1. The first-order valence-electron chi connectivity index (χ1n) is 6.03. The first-order valence-corrected chi connectivity index (χ1v) is 7.52. The molecule has 2 aromatic rings. The van der Waals surface area contributed by atoms with Gasteiger partial charge in [0, 0.05) is 24.7 Å². The molecule has 112 valence electrons. The van der Waals surface area contributed by atoms with Gasteiger partial charge in [-0.15, -0.1) is 0 Å². The molecule has 0 saturated carbocycles. The molecular formula is C12H15N5O3S. The van der Waals surface area contributed by atoms with Gasteiger partial charge < -0.3 is 11.1 Å². The van der Waals surface area contributed by atoms with Gasteiger partial charge in [0.1, 0.15) is 5.82 Å². The monoisotopic (exact) mass is 309 g/mol. The Balaban J connectivity index is 2.08. The first kappa shape index (κ1) is 15.0. The molecule has 1 aromatic heterocycles. The van der Waals surface area contributed by atoms with E-state index in [1.54, 1.807) is 0 Å². The van der Waals surface area contributed by atoms with Gasteiger partial charge in [0.25, 0.3) is 0 Å². The number of benzene rings is 1. The number of anilines is 2. The van der Waals surface area contributed by atoms with Crippen LogP contribution in [0.5, 0.6) is 0 Å². The summed E-state index contributed by atoms with van der Waals surface area (Å²) in [6.45, 7) is 1.42. The van der Waals surface area contributed by atoms with Crippen LogP contribution in [0, 0.1) is 0 Å². The van der Waals surface area contributed by atoms with Gasteiger partial charge in [0.15, 0.2) is 0 Å². The zero-order valence-electron chi connectivity index (χ0n) is 11.3. The van der Waals surface area contributed by atoms with Gasteiger partial charge in [-0.25, -0.2) is 13.1 Å². The van der Waals surface area contributed by atoms with Crippen LogP contribution in [0.1, 0.15) is 12.5 Å². The molecule has 0 fully saturated rings. The second-order valence-corrected chi connectivity index (χ2v) is 6.11. The summed E-state index contributed by atoms with van der Waals surface area (Å²) in [5.74, 6) is 0.0953. The minimum Gasteiger partial charge on any atom is -0.384 e. The molecule has 8 nitrogen and oxygen atoms in total. The fourth-order valence-corrected chi connectivity index (χ4v) is 2.65. The Morgan fingerprint density at radius 2 is 2.00 bits per heavy atom. The quantitative estimate of drug-likeness (QED) is 0.636. The second-order valence-electron chi connectivity index (χ2n) is 4.34. The average molecular weight is 309 g/mol. The van der Waals surface area contributed by atoms with E-state index in [2.05, 4.69) is 20.2 Å². The number of nitrogens with two attached hydrogens (primary N) is 1. The zero-order valence-corrected chi connectivity index (χ0v) is 12.1. The Bertz CT molecular complexity index is 737. The van der Waals surface area contributed by atoms with Gasteiger partial charge >= 0.3 is 0 Å². The predicted octanol–water partition coefficient (Wildman–Crippen LogP) is 0.429. The molecule has 0 aliphatic carbocycles. The van der Waals surface area contributed by atoms with E-state index < -0.39 is 10.0 Å². The lowest BCUT2D eigenvalue weighted by Gasteiger charge is -2.07. The number of aromatic nitrogens is 2. The third-order valence-electron chi connectivity index (χ3n) is 2.69. The fourth-order valence-electron chi connectivity index (χ4n) is 1.64. The Hall–Kier alpha value is -2.39. The van der Waals surface area contributed by atoms with E-state index in [4.69, 9.17) is 5.73 Å². The zero-order chi connectivity index (χ0) is 15.5. The minimum absolute atomic E-state index is 0.0398. The van der Waals surface area contributed by atoms with E-state index >= 15 is 0 Å². The number of rotatable bonds is 5. The number of amides is 1. The van der Waals surface area contributed by atoms with Gasteiger partial charge in [-0.3, -0.25) is 9.89 Å². The third kappa shape index (κ3) is 3.80. The van der Waals surface area contributed by atoms with Crippen molar-refractivity contribution in [2.24, 2.45) is 0 Å². The van der Waals surface area contributed by atoms with Crippen molar-refractivity contribution in [3.05, 3.63) is 36.0 Å². The highest BCUT2D eigenvalue weighted by molar-refractivity contribution is 7.89. The molecule has 0 atom stereocenters. The third-order valence-corrected chi connectivity index (χ3v) is 4.11. The number of nitrogens with one attached hydrogen (secondary N) is 3. The summed E-state index contributed by atoms with van der Waals surface area (Å²) in [4.78, 5) is 11.0. The van der Waals surface area contributed by atoms with Crippen molar-refractivity contribution in [2.45, 2.75) is 18.4 Å². The van der Waals surface area contributed by atoms with Gasteiger partial charge in [-0.2, -0.15) is 5.10 Å². The summed E-state index contributed by atoms with van der Waals surface area (Å²) in [6.07, 6.45) is 1.46. The molecule has 0 bridgehead atoms. The van der Waals surface area contributed by atoms with Crippen LogP contribution < -0.4 is 15.8 Å².